The summed E-state index contributed by atoms with van der Waals surface area (Å²) in [6, 6.07) is 10.1. The molecule has 2 aromatic rings. The van der Waals surface area contributed by atoms with Gasteiger partial charge in [-0.3, -0.25) is 0 Å². The molecule has 0 N–H and O–H groups in total. The van der Waals surface area contributed by atoms with Crippen molar-refractivity contribution >= 4 is 0 Å². The highest BCUT2D eigenvalue weighted by atomic mass is 16.5. The first-order valence-electron chi connectivity index (χ1n) is 5.67. The van der Waals surface area contributed by atoms with Crippen LogP contribution in [-0.2, 0) is 11.3 Å². The van der Waals surface area contributed by atoms with Gasteiger partial charge < -0.3 is 9.26 Å². The predicted molar refractivity (Wildman–Crippen MR) is 63.5 cm³/mol. The maximum Gasteiger partial charge on any atom is 0.223 e. The minimum Gasteiger partial charge on any atom is -0.376 e. The predicted octanol–water partition coefficient (Wildman–Crippen LogP) is 2.70. The average molecular weight is 232 g/mol. The van der Waals surface area contributed by atoms with Gasteiger partial charge in [0, 0.05) is 12.8 Å². The van der Waals surface area contributed by atoms with Crippen molar-refractivity contribution in [1.82, 2.24) is 10.1 Å². The molecule has 1 atom stereocenters. The molecule has 0 amide bonds. The molecule has 4 heteroatoms. The highest BCUT2D eigenvalue weighted by Crippen LogP contribution is 2.12. The molecular formula is C13H16N2O2. The molecule has 0 spiro atoms. The zero-order chi connectivity index (χ0) is 12.1. The van der Waals surface area contributed by atoms with Crippen LogP contribution < -0.4 is 0 Å². The molecule has 0 radical (unpaired) electrons. The molecule has 2 rings (SSSR count). The summed E-state index contributed by atoms with van der Waals surface area (Å²) < 4.78 is 10.6. The quantitative estimate of drug-likeness (QED) is 0.795. The third-order valence-electron chi connectivity index (χ3n) is 2.46. The molecular weight excluding hydrogens is 216 g/mol. The Bertz CT molecular complexity index is 453. The number of benzene rings is 1. The summed E-state index contributed by atoms with van der Waals surface area (Å²) in [4.78, 5) is 4.18. The summed E-state index contributed by atoms with van der Waals surface area (Å²) in [6.07, 6.45) is 0. The van der Waals surface area contributed by atoms with E-state index < -0.39 is 0 Å². The van der Waals surface area contributed by atoms with Gasteiger partial charge in [0.05, 0.1) is 13.2 Å². The molecule has 0 aliphatic rings. The van der Waals surface area contributed by atoms with Crippen LogP contribution in [0.3, 0.4) is 0 Å². The first-order chi connectivity index (χ1) is 8.25. The van der Waals surface area contributed by atoms with Gasteiger partial charge in [-0.15, -0.1) is 0 Å². The summed E-state index contributed by atoms with van der Waals surface area (Å²) in [6.45, 7) is 5.01. The summed E-state index contributed by atoms with van der Waals surface area (Å²) in [5, 5.41) is 3.88. The Morgan fingerprint density at radius 3 is 2.71 bits per heavy atom. The van der Waals surface area contributed by atoms with E-state index in [2.05, 4.69) is 10.1 Å². The average Bonchev–Trinajstić information content (AvgIpc) is 2.77. The van der Waals surface area contributed by atoms with Crippen LogP contribution in [0.2, 0.25) is 0 Å². The zero-order valence-corrected chi connectivity index (χ0v) is 10.1. The normalized spacial score (nSPS) is 12.6. The van der Waals surface area contributed by atoms with Gasteiger partial charge in [-0.1, -0.05) is 42.4 Å². The highest BCUT2D eigenvalue weighted by Gasteiger charge is 2.12. The Balaban J connectivity index is 1.79. The Morgan fingerprint density at radius 2 is 2.06 bits per heavy atom. The first kappa shape index (κ1) is 11.8. The van der Waals surface area contributed by atoms with E-state index in [9.17, 15) is 0 Å². The Labute approximate surface area is 101 Å². The van der Waals surface area contributed by atoms with Gasteiger partial charge in [0.2, 0.25) is 5.89 Å². The maximum atomic E-state index is 5.62. The van der Waals surface area contributed by atoms with Crippen molar-refractivity contribution in [2.75, 3.05) is 6.61 Å². The van der Waals surface area contributed by atoms with Crippen molar-refractivity contribution in [1.29, 1.82) is 0 Å². The fraction of sp³-hybridized carbons (Fsp3) is 0.385. The lowest BCUT2D eigenvalue weighted by atomic mass is 10.2. The molecule has 1 aromatic carbocycles. The number of nitrogens with zero attached hydrogens (tertiary/aromatic N) is 2. The molecule has 0 aliphatic heterocycles. The van der Waals surface area contributed by atoms with Crippen LogP contribution in [0.1, 0.15) is 30.1 Å². The van der Waals surface area contributed by atoms with Gasteiger partial charge in [0.25, 0.3) is 0 Å². The van der Waals surface area contributed by atoms with E-state index >= 15 is 0 Å². The second kappa shape index (κ2) is 5.59. The van der Waals surface area contributed by atoms with E-state index in [-0.39, 0.29) is 5.92 Å². The summed E-state index contributed by atoms with van der Waals surface area (Å²) in [7, 11) is 0. The molecule has 90 valence electrons. The molecule has 1 aromatic heterocycles. The van der Waals surface area contributed by atoms with E-state index in [4.69, 9.17) is 9.26 Å². The Morgan fingerprint density at radius 1 is 1.29 bits per heavy atom. The van der Waals surface area contributed by atoms with E-state index in [0.29, 0.717) is 24.9 Å². The lowest BCUT2D eigenvalue weighted by Crippen LogP contribution is -2.06. The van der Waals surface area contributed by atoms with E-state index in [1.165, 1.54) is 5.56 Å². The summed E-state index contributed by atoms with van der Waals surface area (Å²) >= 11 is 0. The Hall–Kier alpha value is -1.68. The summed E-state index contributed by atoms with van der Waals surface area (Å²) in [5.41, 5.74) is 1.17. The number of aromatic nitrogens is 2. The molecule has 4 nitrogen and oxygen atoms in total. The van der Waals surface area contributed by atoms with Crippen LogP contribution in [-0.4, -0.2) is 16.7 Å². The number of aryl methyl sites for hydroxylation is 1. The number of hydrogen-bond acceptors (Lipinski definition) is 4. The van der Waals surface area contributed by atoms with Crippen LogP contribution >= 0.6 is 0 Å². The largest absolute Gasteiger partial charge is 0.376 e. The van der Waals surface area contributed by atoms with Crippen LogP contribution in [0, 0.1) is 6.92 Å². The minimum atomic E-state index is 0.149. The fourth-order valence-electron chi connectivity index (χ4n) is 1.52. The maximum absolute atomic E-state index is 5.62. The number of rotatable bonds is 5. The molecule has 1 heterocycles. The molecule has 0 aliphatic carbocycles. The van der Waals surface area contributed by atoms with Crippen molar-refractivity contribution < 1.29 is 9.26 Å². The van der Waals surface area contributed by atoms with Gasteiger partial charge in [0.15, 0.2) is 5.82 Å². The van der Waals surface area contributed by atoms with Gasteiger partial charge in [-0.2, -0.15) is 4.98 Å². The van der Waals surface area contributed by atoms with Crippen molar-refractivity contribution in [2.45, 2.75) is 26.4 Å². The SMILES string of the molecule is Cc1nc(C(C)COCc2ccccc2)no1. The zero-order valence-electron chi connectivity index (χ0n) is 10.1. The molecule has 0 saturated heterocycles. The Kier molecular flexibility index (Phi) is 3.88. The molecule has 0 fully saturated rings. The monoisotopic (exact) mass is 232 g/mol. The van der Waals surface area contributed by atoms with E-state index in [0.717, 1.165) is 0 Å². The fourth-order valence-corrected chi connectivity index (χ4v) is 1.52. The van der Waals surface area contributed by atoms with Crippen LogP contribution in [0.25, 0.3) is 0 Å². The minimum absolute atomic E-state index is 0.149. The second-order valence-electron chi connectivity index (χ2n) is 4.07. The van der Waals surface area contributed by atoms with Crippen LogP contribution in [0.4, 0.5) is 0 Å². The van der Waals surface area contributed by atoms with Gasteiger partial charge in [-0.05, 0) is 5.56 Å². The second-order valence-corrected chi connectivity index (χ2v) is 4.07. The van der Waals surface area contributed by atoms with Crippen LogP contribution in [0.15, 0.2) is 34.9 Å². The van der Waals surface area contributed by atoms with Crippen molar-refractivity contribution in [3.63, 3.8) is 0 Å². The standard InChI is InChI=1S/C13H16N2O2/c1-10(13-14-11(2)17-15-13)8-16-9-12-6-4-3-5-7-12/h3-7,10H,8-9H2,1-2H3. The van der Waals surface area contributed by atoms with Crippen molar-refractivity contribution in [3.8, 4) is 0 Å². The number of ether oxygens (including phenoxy) is 1. The van der Waals surface area contributed by atoms with E-state index in [1.807, 2.05) is 37.3 Å². The molecule has 0 saturated carbocycles. The molecule has 17 heavy (non-hydrogen) atoms. The van der Waals surface area contributed by atoms with Gasteiger partial charge in [0.1, 0.15) is 0 Å². The first-order valence-corrected chi connectivity index (χ1v) is 5.67. The third-order valence-corrected chi connectivity index (χ3v) is 2.46. The molecule has 0 bridgehead atoms. The topological polar surface area (TPSA) is 48.2 Å². The van der Waals surface area contributed by atoms with Crippen LogP contribution in [0.5, 0.6) is 0 Å². The highest BCUT2D eigenvalue weighted by molar-refractivity contribution is 5.13. The third kappa shape index (κ3) is 3.39. The van der Waals surface area contributed by atoms with Crippen molar-refractivity contribution in [2.24, 2.45) is 0 Å². The lowest BCUT2D eigenvalue weighted by molar-refractivity contribution is 0.108. The van der Waals surface area contributed by atoms with Gasteiger partial charge >= 0.3 is 0 Å². The lowest BCUT2D eigenvalue weighted by Gasteiger charge is -2.08. The number of hydrogen-bond donors (Lipinski definition) is 0. The van der Waals surface area contributed by atoms with Crippen molar-refractivity contribution in [3.05, 3.63) is 47.6 Å². The van der Waals surface area contributed by atoms with Gasteiger partial charge in [-0.25, -0.2) is 0 Å². The summed E-state index contributed by atoms with van der Waals surface area (Å²) in [5.74, 6) is 1.45. The molecule has 1 unspecified atom stereocenters. The smallest absolute Gasteiger partial charge is 0.223 e. The van der Waals surface area contributed by atoms with E-state index in [1.54, 1.807) is 6.92 Å².